The molecule has 1 aliphatic carbocycles. The van der Waals surface area contributed by atoms with E-state index in [1.807, 2.05) is 54.6 Å². The Kier molecular flexibility index (Phi) is 12.8. The van der Waals surface area contributed by atoms with Crippen molar-refractivity contribution in [1.82, 2.24) is 9.80 Å². The van der Waals surface area contributed by atoms with Crippen LogP contribution in [0.15, 0.2) is 78.9 Å². The van der Waals surface area contributed by atoms with Crippen LogP contribution in [0.5, 0.6) is 0 Å². The molecule has 47 heavy (non-hydrogen) atoms. The maximum absolute atomic E-state index is 12.8. The number of fused-ring (bicyclic) bond motifs is 1. The molecule has 2 atom stereocenters. The van der Waals surface area contributed by atoms with Gasteiger partial charge in [0.2, 0.25) is 5.91 Å². The van der Waals surface area contributed by atoms with Crippen LogP contribution < -0.4 is 5.32 Å². The van der Waals surface area contributed by atoms with Gasteiger partial charge in [0.05, 0.1) is 31.9 Å². The minimum Gasteiger partial charge on any atom is -0.446 e. The van der Waals surface area contributed by atoms with Crippen molar-refractivity contribution in [3.63, 3.8) is 0 Å². The number of hydrogen-bond donors (Lipinski definition) is 1. The highest BCUT2D eigenvalue weighted by molar-refractivity contribution is 5.91. The molecule has 1 saturated carbocycles. The van der Waals surface area contributed by atoms with E-state index in [4.69, 9.17) is 18.9 Å². The standard InChI is InChI=1S/C38H49N3O6/c1-40(27-37(44-2)45-3)36(42)18-21-46-20-17-29-11-9-10-28(22-29)16-19-41-25-31-23-33(24-32(31)26-41)47-38(43)39-35-15-8-7-14-34(35)30-12-5-4-6-13-30/h4-15,22,31-33,37H,16-21,23-27H2,1-3H3,(H,39,43). The molecule has 5 rings (SSSR count). The summed E-state index contributed by atoms with van der Waals surface area (Å²) in [6.45, 7) is 4.50. The van der Waals surface area contributed by atoms with Crippen molar-refractivity contribution < 1.29 is 28.5 Å². The van der Waals surface area contributed by atoms with Gasteiger partial charge in [0.25, 0.3) is 0 Å². The third-order valence-corrected chi connectivity index (χ3v) is 9.38. The van der Waals surface area contributed by atoms with E-state index in [0.29, 0.717) is 38.0 Å². The number of amides is 2. The zero-order valence-electron chi connectivity index (χ0n) is 27.9. The predicted octanol–water partition coefficient (Wildman–Crippen LogP) is 5.88. The van der Waals surface area contributed by atoms with E-state index in [9.17, 15) is 9.59 Å². The number of likely N-dealkylation sites (N-methyl/N-ethyl adjacent to an activating group) is 1. The van der Waals surface area contributed by atoms with Crippen LogP contribution in [0.4, 0.5) is 10.5 Å². The average Bonchev–Trinajstić information content (AvgIpc) is 3.65. The molecule has 2 aliphatic rings. The van der Waals surface area contributed by atoms with Crippen molar-refractivity contribution in [3.05, 3.63) is 90.0 Å². The van der Waals surface area contributed by atoms with Gasteiger partial charge in [-0.3, -0.25) is 10.1 Å². The molecule has 3 aromatic rings. The van der Waals surface area contributed by atoms with E-state index in [1.165, 1.54) is 11.1 Å². The molecule has 0 aromatic heterocycles. The Morgan fingerprint density at radius 2 is 1.55 bits per heavy atom. The maximum atomic E-state index is 12.8. The molecule has 0 spiro atoms. The van der Waals surface area contributed by atoms with Gasteiger partial charge in [-0.05, 0) is 60.3 Å². The molecule has 1 heterocycles. The van der Waals surface area contributed by atoms with E-state index in [0.717, 1.165) is 62.1 Å². The lowest BCUT2D eigenvalue weighted by atomic mass is 10.0. The highest BCUT2D eigenvalue weighted by Crippen LogP contribution is 2.39. The summed E-state index contributed by atoms with van der Waals surface area (Å²) >= 11 is 0. The van der Waals surface area contributed by atoms with Gasteiger partial charge in [0.1, 0.15) is 6.10 Å². The molecule has 0 bridgehead atoms. The number of ether oxygens (including phenoxy) is 4. The first-order valence-electron chi connectivity index (χ1n) is 16.7. The minimum atomic E-state index is -0.427. The van der Waals surface area contributed by atoms with E-state index >= 15 is 0 Å². The van der Waals surface area contributed by atoms with Crippen molar-refractivity contribution in [2.24, 2.45) is 11.8 Å². The molecule has 0 radical (unpaired) electrons. The minimum absolute atomic E-state index is 0.00591. The fourth-order valence-corrected chi connectivity index (χ4v) is 6.81. The van der Waals surface area contributed by atoms with Gasteiger partial charge in [-0.1, -0.05) is 72.8 Å². The average molecular weight is 644 g/mol. The molecule has 9 heteroatoms. The van der Waals surface area contributed by atoms with Gasteiger partial charge in [-0.2, -0.15) is 0 Å². The van der Waals surface area contributed by atoms with Crippen molar-refractivity contribution >= 4 is 17.7 Å². The Balaban J connectivity index is 0.979. The number of methoxy groups -OCH3 is 2. The Morgan fingerprint density at radius 1 is 0.872 bits per heavy atom. The number of para-hydroxylation sites is 1. The Hall–Kier alpha value is -3.76. The monoisotopic (exact) mass is 643 g/mol. The first-order valence-corrected chi connectivity index (χ1v) is 16.7. The molecule has 2 amide bonds. The van der Waals surface area contributed by atoms with Crippen LogP contribution in [0, 0.1) is 11.8 Å². The third-order valence-electron chi connectivity index (χ3n) is 9.38. The number of likely N-dealkylation sites (tertiary alicyclic amines) is 1. The molecule has 1 saturated heterocycles. The largest absolute Gasteiger partial charge is 0.446 e. The Bertz CT molecular complexity index is 1420. The summed E-state index contributed by atoms with van der Waals surface area (Å²) in [5.41, 5.74) is 5.38. The summed E-state index contributed by atoms with van der Waals surface area (Å²) in [4.78, 5) is 29.3. The van der Waals surface area contributed by atoms with Crippen LogP contribution in [0.2, 0.25) is 0 Å². The number of carbonyl (C=O) groups excluding carboxylic acids is 2. The molecule has 3 aromatic carbocycles. The molecule has 252 valence electrons. The van der Waals surface area contributed by atoms with Crippen molar-refractivity contribution in [2.45, 2.75) is 44.5 Å². The van der Waals surface area contributed by atoms with E-state index in [2.05, 4.69) is 34.5 Å². The predicted molar refractivity (Wildman–Crippen MR) is 183 cm³/mol. The normalized spacial score (nSPS) is 19.1. The van der Waals surface area contributed by atoms with Crippen molar-refractivity contribution in [1.29, 1.82) is 0 Å². The lowest BCUT2D eigenvalue weighted by Gasteiger charge is -2.22. The summed E-state index contributed by atoms with van der Waals surface area (Å²) in [7, 11) is 4.87. The van der Waals surface area contributed by atoms with Gasteiger partial charge < -0.3 is 28.7 Å². The van der Waals surface area contributed by atoms with Gasteiger partial charge >= 0.3 is 6.09 Å². The first-order chi connectivity index (χ1) is 22.9. The van der Waals surface area contributed by atoms with Crippen LogP contribution >= 0.6 is 0 Å². The van der Waals surface area contributed by atoms with Gasteiger partial charge in [-0.25, -0.2) is 4.79 Å². The third kappa shape index (κ3) is 10.1. The first kappa shape index (κ1) is 34.6. The van der Waals surface area contributed by atoms with Crippen LogP contribution in [0.1, 0.15) is 30.4 Å². The molecule has 1 aliphatic heterocycles. The fourth-order valence-electron chi connectivity index (χ4n) is 6.81. The number of hydrogen-bond acceptors (Lipinski definition) is 7. The summed E-state index contributed by atoms with van der Waals surface area (Å²) in [5.74, 6) is 1.15. The van der Waals surface area contributed by atoms with Crippen LogP contribution in [-0.2, 0) is 36.6 Å². The number of benzene rings is 3. The number of nitrogens with zero attached hydrogens (tertiary/aromatic N) is 2. The van der Waals surface area contributed by atoms with Crippen LogP contribution in [-0.4, -0.2) is 94.9 Å². The number of anilines is 1. The second kappa shape index (κ2) is 17.4. The lowest BCUT2D eigenvalue weighted by Crippen LogP contribution is -2.36. The van der Waals surface area contributed by atoms with Gasteiger partial charge in [0, 0.05) is 46.5 Å². The zero-order chi connectivity index (χ0) is 33.0. The maximum Gasteiger partial charge on any atom is 0.411 e. The van der Waals surface area contributed by atoms with Gasteiger partial charge in [-0.15, -0.1) is 0 Å². The quantitative estimate of drug-likeness (QED) is 0.154. The smallest absolute Gasteiger partial charge is 0.411 e. The molecular formula is C38H49N3O6. The van der Waals surface area contributed by atoms with Crippen LogP contribution in [0.3, 0.4) is 0 Å². The van der Waals surface area contributed by atoms with Crippen molar-refractivity contribution in [2.75, 3.05) is 66.0 Å². The second-order valence-electron chi connectivity index (χ2n) is 12.7. The molecule has 2 fully saturated rings. The number of rotatable bonds is 16. The Labute approximate surface area is 279 Å². The lowest BCUT2D eigenvalue weighted by molar-refractivity contribution is -0.143. The SMILES string of the molecule is COC(CN(C)C(=O)CCOCCc1cccc(CCN2CC3CC(OC(=O)Nc4ccccc4-c4ccccc4)CC3C2)c1)OC. The fraction of sp³-hybridized carbons (Fsp3) is 0.474. The van der Waals surface area contributed by atoms with Crippen molar-refractivity contribution in [3.8, 4) is 11.1 Å². The highest BCUT2D eigenvalue weighted by Gasteiger charge is 2.42. The van der Waals surface area contributed by atoms with E-state index in [1.54, 1.807) is 26.2 Å². The summed E-state index contributed by atoms with van der Waals surface area (Å²) in [6, 6.07) is 26.6. The second-order valence-corrected chi connectivity index (χ2v) is 12.7. The molecular weight excluding hydrogens is 594 g/mol. The van der Waals surface area contributed by atoms with E-state index in [-0.39, 0.29) is 18.1 Å². The molecule has 9 nitrogen and oxygen atoms in total. The van der Waals surface area contributed by atoms with Crippen LogP contribution in [0.25, 0.3) is 11.1 Å². The molecule has 2 unspecified atom stereocenters. The molecule has 1 N–H and O–H groups in total. The van der Waals surface area contributed by atoms with Gasteiger partial charge in [0.15, 0.2) is 6.29 Å². The number of nitrogens with one attached hydrogen (secondary N) is 1. The summed E-state index contributed by atoms with van der Waals surface area (Å²) in [6.07, 6.45) is 3.16. The summed E-state index contributed by atoms with van der Waals surface area (Å²) < 4.78 is 22.0. The zero-order valence-corrected chi connectivity index (χ0v) is 27.9. The highest BCUT2D eigenvalue weighted by atomic mass is 16.7. The number of carbonyl (C=O) groups is 2. The Morgan fingerprint density at radius 3 is 2.28 bits per heavy atom. The van der Waals surface area contributed by atoms with E-state index < -0.39 is 6.29 Å². The summed E-state index contributed by atoms with van der Waals surface area (Å²) in [5, 5.41) is 2.99. The topological polar surface area (TPSA) is 89.6 Å².